The van der Waals surface area contributed by atoms with Crippen molar-refractivity contribution in [3.05, 3.63) is 0 Å². The SMILES string of the molecule is CCOC(=O)C(NC(=O)OC(C)(C)C)C1CC(F)(F)C1. The quantitative estimate of drug-likeness (QED) is 0.809. The number of alkyl carbamates (subject to hydrolysis) is 1. The number of halogens is 2. The van der Waals surface area contributed by atoms with Crippen LogP contribution in [0, 0.1) is 5.92 Å². The highest BCUT2D eigenvalue weighted by Crippen LogP contribution is 2.44. The Hall–Kier alpha value is -1.40. The first-order valence-electron chi connectivity index (χ1n) is 6.58. The monoisotopic (exact) mass is 293 g/mol. The van der Waals surface area contributed by atoms with Crippen molar-refractivity contribution in [3.63, 3.8) is 0 Å². The van der Waals surface area contributed by atoms with Crippen LogP contribution in [-0.4, -0.2) is 36.2 Å². The Balaban J connectivity index is 2.64. The number of carbonyl (C=O) groups excluding carboxylic acids is 2. The molecule has 0 aliphatic heterocycles. The Kier molecular flexibility index (Phi) is 4.94. The Morgan fingerprint density at radius 3 is 2.30 bits per heavy atom. The van der Waals surface area contributed by atoms with Gasteiger partial charge in [-0.1, -0.05) is 0 Å². The summed E-state index contributed by atoms with van der Waals surface area (Å²) in [6.07, 6.45) is -1.69. The Morgan fingerprint density at radius 2 is 1.90 bits per heavy atom. The average Bonchev–Trinajstić information content (AvgIpc) is 2.20. The molecule has 1 rings (SSSR count). The number of amides is 1. The Morgan fingerprint density at radius 1 is 1.35 bits per heavy atom. The third kappa shape index (κ3) is 4.94. The molecular weight excluding hydrogens is 272 g/mol. The van der Waals surface area contributed by atoms with Gasteiger partial charge in [0.2, 0.25) is 5.92 Å². The summed E-state index contributed by atoms with van der Waals surface area (Å²) < 4.78 is 35.6. The topological polar surface area (TPSA) is 64.6 Å². The second-order valence-electron chi connectivity index (χ2n) is 5.90. The molecule has 7 heteroatoms. The van der Waals surface area contributed by atoms with E-state index in [1.807, 2.05) is 0 Å². The maximum Gasteiger partial charge on any atom is 0.408 e. The highest BCUT2D eigenvalue weighted by molar-refractivity contribution is 5.82. The lowest BCUT2D eigenvalue weighted by molar-refractivity contribution is -0.158. The summed E-state index contributed by atoms with van der Waals surface area (Å²) >= 11 is 0. The van der Waals surface area contributed by atoms with Gasteiger partial charge in [-0.25, -0.2) is 18.4 Å². The molecule has 0 bridgehead atoms. The van der Waals surface area contributed by atoms with Gasteiger partial charge in [0, 0.05) is 18.8 Å². The van der Waals surface area contributed by atoms with Gasteiger partial charge in [-0.3, -0.25) is 0 Å². The number of carbonyl (C=O) groups is 2. The highest BCUT2D eigenvalue weighted by atomic mass is 19.3. The van der Waals surface area contributed by atoms with Crippen molar-refractivity contribution in [1.82, 2.24) is 5.32 Å². The molecule has 1 saturated carbocycles. The summed E-state index contributed by atoms with van der Waals surface area (Å²) in [5, 5.41) is 2.33. The van der Waals surface area contributed by atoms with Gasteiger partial charge >= 0.3 is 12.1 Å². The minimum absolute atomic E-state index is 0.119. The van der Waals surface area contributed by atoms with Crippen LogP contribution in [0.1, 0.15) is 40.5 Å². The number of hydrogen-bond donors (Lipinski definition) is 1. The zero-order valence-corrected chi connectivity index (χ0v) is 12.2. The van der Waals surface area contributed by atoms with Gasteiger partial charge in [0.15, 0.2) is 0 Å². The molecule has 0 radical (unpaired) electrons. The fourth-order valence-electron chi connectivity index (χ4n) is 1.98. The van der Waals surface area contributed by atoms with Crippen molar-refractivity contribution in [2.24, 2.45) is 5.92 Å². The van der Waals surface area contributed by atoms with Gasteiger partial charge in [-0.15, -0.1) is 0 Å². The number of nitrogens with one attached hydrogen (secondary N) is 1. The fourth-order valence-corrected chi connectivity index (χ4v) is 1.98. The molecule has 5 nitrogen and oxygen atoms in total. The molecule has 0 aromatic heterocycles. The van der Waals surface area contributed by atoms with E-state index in [1.54, 1.807) is 27.7 Å². The molecule has 116 valence electrons. The minimum Gasteiger partial charge on any atom is -0.464 e. The molecule has 0 heterocycles. The largest absolute Gasteiger partial charge is 0.464 e. The molecule has 1 atom stereocenters. The number of rotatable bonds is 4. The van der Waals surface area contributed by atoms with Crippen molar-refractivity contribution >= 4 is 12.1 Å². The lowest BCUT2D eigenvalue weighted by atomic mass is 9.76. The average molecular weight is 293 g/mol. The zero-order valence-electron chi connectivity index (χ0n) is 12.2. The molecule has 0 aromatic rings. The van der Waals surface area contributed by atoms with E-state index < -0.39 is 48.4 Å². The first-order chi connectivity index (χ1) is 9.04. The summed E-state index contributed by atoms with van der Waals surface area (Å²) in [6, 6.07) is -1.09. The lowest BCUT2D eigenvalue weighted by Gasteiger charge is -2.39. The molecule has 1 aliphatic rings. The van der Waals surface area contributed by atoms with Crippen LogP contribution >= 0.6 is 0 Å². The molecule has 1 N–H and O–H groups in total. The van der Waals surface area contributed by atoms with Crippen molar-refractivity contribution in [2.75, 3.05) is 6.61 Å². The van der Waals surface area contributed by atoms with E-state index in [0.717, 1.165) is 0 Å². The second-order valence-corrected chi connectivity index (χ2v) is 5.90. The van der Waals surface area contributed by atoms with E-state index in [-0.39, 0.29) is 6.61 Å². The van der Waals surface area contributed by atoms with Crippen LogP contribution in [0.5, 0.6) is 0 Å². The minimum atomic E-state index is -2.77. The van der Waals surface area contributed by atoms with Crippen molar-refractivity contribution in [2.45, 2.75) is 58.1 Å². The van der Waals surface area contributed by atoms with E-state index in [0.29, 0.717) is 0 Å². The second kappa shape index (κ2) is 5.93. The van der Waals surface area contributed by atoms with Gasteiger partial charge < -0.3 is 14.8 Å². The normalized spacial score (nSPS) is 19.7. The molecule has 1 amide bonds. The smallest absolute Gasteiger partial charge is 0.408 e. The Bertz CT molecular complexity index is 371. The summed E-state index contributed by atoms with van der Waals surface area (Å²) in [5.74, 6) is -4.11. The number of ether oxygens (including phenoxy) is 2. The number of alkyl halides is 2. The first kappa shape index (κ1) is 16.7. The van der Waals surface area contributed by atoms with E-state index in [9.17, 15) is 18.4 Å². The van der Waals surface area contributed by atoms with Crippen LogP contribution in [0.3, 0.4) is 0 Å². The van der Waals surface area contributed by atoms with Crippen molar-refractivity contribution in [1.29, 1.82) is 0 Å². The fraction of sp³-hybridized carbons (Fsp3) is 0.846. The standard InChI is InChI=1S/C13H21F2NO4/c1-5-19-10(17)9(8-6-13(14,15)7-8)16-11(18)20-12(2,3)4/h8-9H,5-7H2,1-4H3,(H,16,18). The maximum absolute atomic E-state index is 12.9. The molecule has 1 fully saturated rings. The summed E-state index contributed by atoms with van der Waals surface area (Å²) in [4.78, 5) is 23.4. The molecule has 0 saturated heterocycles. The van der Waals surface area contributed by atoms with Crippen LogP contribution in [-0.2, 0) is 14.3 Å². The Labute approximate surface area is 117 Å². The highest BCUT2D eigenvalue weighted by Gasteiger charge is 2.51. The predicted molar refractivity (Wildman–Crippen MR) is 67.5 cm³/mol. The molecule has 20 heavy (non-hydrogen) atoms. The van der Waals surface area contributed by atoms with Crippen molar-refractivity contribution in [3.8, 4) is 0 Å². The van der Waals surface area contributed by atoms with Gasteiger partial charge in [-0.2, -0.15) is 0 Å². The van der Waals surface area contributed by atoms with E-state index in [4.69, 9.17) is 9.47 Å². The summed E-state index contributed by atoms with van der Waals surface area (Å²) in [5.41, 5.74) is -0.729. The predicted octanol–water partition coefficient (Wildman–Crippen LogP) is 2.49. The van der Waals surface area contributed by atoms with Crippen LogP contribution in [0.2, 0.25) is 0 Å². The van der Waals surface area contributed by atoms with Crippen LogP contribution in [0.4, 0.5) is 13.6 Å². The first-order valence-corrected chi connectivity index (χ1v) is 6.58. The third-order valence-electron chi connectivity index (χ3n) is 2.81. The van der Waals surface area contributed by atoms with Gasteiger partial charge in [0.25, 0.3) is 0 Å². The third-order valence-corrected chi connectivity index (χ3v) is 2.81. The summed E-state index contributed by atoms with van der Waals surface area (Å²) in [7, 11) is 0. The summed E-state index contributed by atoms with van der Waals surface area (Å²) in [6.45, 7) is 6.74. The van der Waals surface area contributed by atoms with Crippen LogP contribution < -0.4 is 5.32 Å². The molecule has 0 spiro atoms. The van der Waals surface area contributed by atoms with E-state index in [1.165, 1.54) is 0 Å². The van der Waals surface area contributed by atoms with Gasteiger partial charge in [-0.05, 0) is 27.7 Å². The van der Waals surface area contributed by atoms with Crippen LogP contribution in [0.15, 0.2) is 0 Å². The zero-order chi connectivity index (χ0) is 15.6. The van der Waals surface area contributed by atoms with Crippen molar-refractivity contribution < 1.29 is 27.8 Å². The molecule has 1 unspecified atom stereocenters. The number of hydrogen-bond acceptors (Lipinski definition) is 4. The molecule has 1 aliphatic carbocycles. The lowest BCUT2D eigenvalue weighted by Crippen LogP contribution is -2.54. The van der Waals surface area contributed by atoms with Gasteiger partial charge in [0.1, 0.15) is 11.6 Å². The van der Waals surface area contributed by atoms with E-state index in [2.05, 4.69) is 5.32 Å². The molecule has 0 aromatic carbocycles. The van der Waals surface area contributed by atoms with Gasteiger partial charge in [0.05, 0.1) is 6.61 Å². The van der Waals surface area contributed by atoms with Crippen LogP contribution in [0.25, 0.3) is 0 Å². The van der Waals surface area contributed by atoms with E-state index >= 15 is 0 Å². The number of esters is 1. The maximum atomic E-state index is 12.9. The molecular formula is C13H21F2NO4.